The number of hydrogen-bond acceptors (Lipinski definition) is 7. The molecule has 1 fully saturated rings. The summed E-state index contributed by atoms with van der Waals surface area (Å²) in [4.78, 5) is 21.7. The minimum Gasteiger partial charge on any atom is -0.393 e. The summed E-state index contributed by atoms with van der Waals surface area (Å²) in [5.74, 6) is -0.162. The molecule has 1 aliphatic heterocycles. The number of imidazole rings is 1. The predicted molar refractivity (Wildman–Crippen MR) is 73.6 cm³/mol. The Labute approximate surface area is 122 Å². The van der Waals surface area contributed by atoms with Crippen molar-refractivity contribution in [3.05, 3.63) is 29.3 Å². The molecule has 2 aromatic heterocycles. The maximum absolute atomic E-state index is 14.4. The van der Waals surface area contributed by atoms with Crippen molar-refractivity contribution in [2.45, 2.75) is 24.1 Å². The van der Waals surface area contributed by atoms with Gasteiger partial charge in [0.2, 0.25) is 5.95 Å². The SMILES string of the molecule is C=C[C@]1(CO)O[C@@H](n2cnc3c(=O)[nH]c(N)nc32)[C@@H](F)[C@@H]1O. The summed E-state index contributed by atoms with van der Waals surface area (Å²) in [5.41, 5.74) is 3.22. The van der Waals surface area contributed by atoms with E-state index in [1.807, 2.05) is 0 Å². The lowest BCUT2D eigenvalue weighted by Gasteiger charge is -2.25. The fourth-order valence-electron chi connectivity index (χ4n) is 2.49. The van der Waals surface area contributed by atoms with Crippen LogP contribution < -0.4 is 11.3 Å². The maximum Gasteiger partial charge on any atom is 0.280 e. The zero-order valence-electron chi connectivity index (χ0n) is 11.3. The van der Waals surface area contributed by atoms with E-state index in [-0.39, 0.29) is 17.1 Å². The fraction of sp³-hybridized carbons (Fsp3) is 0.417. The van der Waals surface area contributed by atoms with E-state index in [1.165, 1.54) is 0 Å². The molecule has 3 heterocycles. The second-order valence-electron chi connectivity index (χ2n) is 4.99. The van der Waals surface area contributed by atoms with Crippen molar-refractivity contribution in [3.63, 3.8) is 0 Å². The normalized spacial score (nSPS) is 31.7. The van der Waals surface area contributed by atoms with Gasteiger partial charge in [-0.2, -0.15) is 4.98 Å². The van der Waals surface area contributed by atoms with E-state index >= 15 is 0 Å². The van der Waals surface area contributed by atoms with Gasteiger partial charge in [0.25, 0.3) is 5.56 Å². The number of aromatic nitrogens is 4. The highest BCUT2D eigenvalue weighted by atomic mass is 19.1. The van der Waals surface area contributed by atoms with Crippen molar-refractivity contribution in [3.8, 4) is 0 Å². The van der Waals surface area contributed by atoms with E-state index in [9.17, 15) is 19.4 Å². The Hall–Kier alpha value is -2.30. The number of H-pyrrole nitrogens is 1. The number of nitrogens with two attached hydrogens (primary N) is 1. The standard InChI is InChI=1S/C12H14FN5O4/c1-2-12(3-19)7(20)5(13)10(22-12)18-4-15-6-8(18)16-11(14)17-9(6)21/h2,4-5,7,10,19-20H,1,3H2,(H3,14,16,17,21)/t5-,7-,10+,12+/m0/s1. The minimum absolute atomic E-state index is 0.0129. The molecule has 22 heavy (non-hydrogen) atoms. The van der Waals surface area contributed by atoms with Crippen molar-refractivity contribution in [1.82, 2.24) is 19.5 Å². The third-order valence-corrected chi connectivity index (χ3v) is 3.73. The zero-order chi connectivity index (χ0) is 16.1. The van der Waals surface area contributed by atoms with Gasteiger partial charge < -0.3 is 20.7 Å². The van der Waals surface area contributed by atoms with E-state index < -0.39 is 36.3 Å². The number of fused-ring (bicyclic) bond motifs is 1. The van der Waals surface area contributed by atoms with E-state index in [2.05, 4.69) is 21.5 Å². The summed E-state index contributed by atoms with van der Waals surface area (Å²) in [7, 11) is 0. The molecule has 5 N–H and O–H groups in total. The molecule has 0 spiro atoms. The molecule has 0 bridgehead atoms. The minimum atomic E-state index is -1.88. The molecule has 0 aliphatic carbocycles. The average molecular weight is 311 g/mol. The molecule has 0 aromatic carbocycles. The van der Waals surface area contributed by atoms with Crippen molar-refractivity contribution in [2.24, 2.45) is 0 Å². The van der Waals surface area contributed by atoms with Gasteiger partial charge in [0.05, 0.1) is 12.9 Å². The monoisotopic (exact) mass is 311 g/mol. The molecule has 0 unspecified atom stereocenters. The number of nitrogen functional groups attached to an aromatic ring is 1. The number of rotatable bonds is 3. The molecular weight excluding hydrogens is 297 g/mol. The highest BCUT2D eigenvalue weighted by molar-refractivity contribution is 5.70. The third-order valence-electron chi connectivity index (χ3n) is 3.73. The molecule has 3 rings (SSSR count). The first-order valence-electron chi connectivity index (χ1n) is 6.40. The first-order valence-corrected chi connectivity index (χ1v) is 6.40. The molecule has 4 atom stereocenters. The Balaban J connectivity index is 2.13. The number of ether oxygens (including phenoxy) is 1. The Kier molecular flexibility index (Phi) is 3.24. The number of anilines is 1. The van der Waals surface area contributed by atoms with Crippen LogP contribution in [0.3, 0.4) is 0 Å². The van der Waals surface area contributed by atoms with Crippen molar-refractivity contribution in [1.29, 1.82) is 0 Å². The first-order chi connectivity index (χ1) is 10.4. The van der Waals surface area contributed by atoms with Crippen molar-refractivity contribution < 1.29 is 19.3 Å². The average Bonchev–Trinajstić information content (AvgIpc) is 3.01. The molecule has 9 nitrogen and oxygen atoms in total. The van der Waals surface area contributed by atoms with Crippen LogP contribution in [0.4, 0.5) is 10.3 Å². The highest BCUT2D eigenvalue weighted by Gasteiger charge is 2.54. The predicted octanol–water partition coefficient (Wildman–Crippen LogP) is -1.15. The summed E-state index contributed by atoms with van der Waals surface area (Å²) in [6, 6.07) is 0. The van der Waals surface area contributed by atoms with Crippen LogP contribution in [0, 0.1) is 0 Å². The van der Waals surface area contributed by atoms with Gasteiger partial charge in [0.15, 0.2) is 23.6 Å². The Bertz CT molecular complexity index is 789. The number of alkyl halides is 1. The van der Waals surface area contributed by atoms with Crippen LogP contribution in [-0.2, 0) is 4.74 Å². The van der Waals surface area contributed by atoms with E-state index in [0.29, 0.717) is 0 Å². The van der Waals surface area contributed by atoms with E-state index in [4.69, 9.17) is 10.5 Å². The van der Waals surface area contributed by atoms with Crippen LogP contribution in [0.1, 0.15) is 6.23 Å². The molecule has 2 aromatic rings. The van der Waals surface area contributed by atoms with Crippen LogP contribution in [0.15, 0.2) is 23.8 Å². The summed E-state index contributed by atoms with van der Waals surface area (Å²) >= 11 is 0. The van der Waals surface area contributed by atoms with Crippen LogP contribution in [0.5, 0.6) is 0 Å². The highest BCUT2D eigenvalue weighted by Crippen LogP contribution is 2.40. The largest absolute Gasteiger partial charge is 0.393 e. The number of nitrogens with one attached hydrogen (secondary N) is 1. The van der Waals surface area contributed by atoms with E-state index in [1.54, 1.807) is 0 Å². The van der Waals surface area contributed by atoms with Crippen molar-refractivity contribution >= 4 is 17.1 Å². The Morgan fingerprint density at radius 1 is 1.68 bits per heavy atom. The smallest absolute Gasteiger partial charge is 0.280 e. The van der Waals surface area contributed by atoms with Gasteiger partial charge in [-0.05, 0) is 0 Å². The molecule has 1 aliphatic rings. The third kappa shape index (κ3) is 1.85. The Morgan fingerprint density at radius 3 is 3.00 bits per heavy atom. The molecule has 0 amide bonds. The number of hydrogen-bond donors (Lipinski definition) is 4. The van der Waals surface area contributed by atoms with Crippen LogP contribution >= 0.6 is 0 Å². The number of nitrogens with zero attached hydrogens (tertiary/aromatic N) is 3. The summed E-state index contributed by atoms with van der Waals surface area (Å²) in [5, 5.41) is 19.4. The summed E-state index contributed by atoms with van der Waals surface area (Å²) < 4.78 is 21.0. The van der Waals surface area contributed by atoms with Crippen molar-refractivity contribution in [2.75, 3.05) is 12.3 Å². The molecule has 10 heteroatoms. The summed E-state index contributed by atoms with van der Waals surface area (Å²) in [6.07, 6.45) is -2.55. The maximum atomic E-state index is 14.4. The van der Waals surface area contributed by atoms with Gasteiger partial charge in [-0.3, -0.25) is 14.3 Å². The quantitative estimate of drug-likeness (QED) is 0.525. The van der Waals surface area contributed by atoms with Gasteiger partial charge >= 0.3 is 0 Å². The lowest BCUT2D eigenvalue weighted by atomic mass is 9.97. The van der Waals surface area contributed by atoms with Gasteiger partial charge in [-0.15, -0.1) is 6.58 Å². The number of aliphatic hydroxyl groups excluding tert-OH is 2. The van der Waals surface area contributed by atoms with Gasteiger partial charge in [0, 0.05) is 0 Å². The lowest BCUT2D eigenvalue weighted by Crippen LogP contribution is -2.43. The second-order valence-corrected chi connectivity index (χ2v) is 4.99. The van der Waals surface area contributed by atoms with Gasteiger partial charge in [-0.25, -0.2) is 9.37 Å². The van der Waals surface area contributed by atoms with Crippen LogP contribution in [-0.4, -0.2) is 54.2 Å². The lowest BCUT2D eigenvalue weighted by molar-refractivity contribution is -0.0960. The van der Waals surface area contributed by atoms with E-state index in [0.717, 1.165) is 17.0 Å². The molecule has 0 radical (unpaired) electrons. The second kappa shape index (κ2) is 4.87. The van der Waals surface area contributed by atoms with Gasteiger partial charge in [0.1, 0.15) is 11.7 Å². The number of aliphatic hydroxyl groups is 2. The van der Waals surface area contributed by atoms with Gasteiger partial charge in [-0.1, -0.05) is 6.08 Å². The Morgan fingerprint density at radius 2 is 2.41 bits per heavy atom. The molecule has 1 saturated heterocycles. The summed E-state index contributed by atoms with van der Waals surface area (Å²) in [6.45, 7) is 2.79. The number of aromatic amines is 1. The fourth-order valence-corrected chi connectivity index (χ4v) is 2.49. The molecule has 118 valence electrons. The zero-order valence-corrected chi connectivity index (χ0v) is 11.3. The number of halogens is 1. The first kappa shape index (κ1) is 14.6. The molecule has 0 saturated carbocycles. The van der Waals surface area contributed by atoms with Crippen LogP contribution in [0.2, 0.25) is 0 Å². The van der Waals surface area contributed by atoms with Crippen LogP contribution in [0.25, 0.3) is 11.2 Å². The molecular formula is C12H14FN5O4. The topological polar surface area (TPSA) is 139 Å².